The quantitative estimate of drug-likeness (QED) is 0.520. The van der Waals surface area contributed by atoms with Crippen LogP contribution in [0, 0.1) is 5.92 Å². The molecule has 4 heteroatoms. The molecule has 3 atom stereocenters. The maximum atomic E-state index is 11.9. The van der Waals surface area contributed by atoms with E-state index in [9.17, 15) is 4.79 Å². The Bertz CT molecular complexity index is 525. The topological polar surface area (TPSA) is 43.1 Å². The van der Waals surface area contributed by atoms with Gasteiger partial charge in [-0.25, -0.2) is 4.79 Å². The van der Waals surface area contributed by atoms with Crippen molar-refractivity contribution in [3.8, 4) is 0 Å². The largest absolute Gasteiger partial charge is 0.365 e. The van der Waals surface area contributed by atoms with E-state index in [2.05, 4.69) is 25.6 Å². The lowest BCUT2D eigenvalue weighted by atomic mass is 9.93. The van der Waals surface area contributed by atoms with E-state index in [1.165, 1.54) is 4.90 Å². The summed E-state index contributed by atoms with van der Waals surface area (Å²) in [5.41, 5.74) is 1.50. The van der Waals surface area contributed by atoms with Gasteiger partial charge in [0, 0.05) is 12.3 Å². The van der Waals surface area contributed by atoms with E-state index in [4.69, 9.17) is 4.84 Å². The summed E-state index contributed by atoms with van der Waals surface area (Å²) in [7, 11) is 0. The van der Waals surface area contributed by atoms with Crippen LogP contribution in [-0.2, 0) is 4.84 Å². The van der Waals surface area contributed by atoms with Gasteiger partial charge in [-0.15, -0.1) is 0 Å². The number of carbonyl (C=O) groups excluding carboxylic acids is 1. The van der Waals surface area contributed by atoms with Crippen molar-refractivity contribution in [3.63, 3.8) is 0 Å². The van der Waals surface area contributed by atoms with E-state index < -0.39 is 5.97 Å². The molecule has 2 rings (SSSR count). The van der Waals surface area contributed by atoms with E-state index in [0.29, 0.717) is 17.5 Å². The van der Waals surface area contributed by atoms with Crippen LogP contribution in [0.15, 0.2) is 48.1 Å². The number of nitrogens with zero attached hydrogens (tertiary/aromatic N) is 1. The second-order valence-electron chi connectivity index (χ2n) is 5.69. The molecule has 1 saturated heterocycles. The van der Waals surface area contributed by atoms with E-state index in [0.717, 1.165) is 25.2 Å². The highest BCUT2D eigenvalue weighted by molar-refractivity contribution is 5.91. The van der Waals surface area contributed by atoms with E-state index in [-0.39, 0.29) is 0 Å². The minimum absolute atomic E-state index is 0.319. The Morgan fingerprint density at radius 1 is 1.43 bits per heavy atom. The predicted octanol–water partition coefficient (Wildman–Crippen LogP) is 1.70. The summed E-state index contributed by atoms with van der Waals surface area (Å²) in [6, 6.07) is 9.41. The van der Waals surface area contributed by atoms with Crippen molar-refractivity contribution < 1.29 is 14.5 Å². The molecule has 0 bridgehead atoms. The Kier molecular flexibility index (Phi) is 5.28. The Morgan fingerprint density at radius 2 is 2.14 bits per heavy atom. The summed E-state index contributed by atoms with van der Waals surface area (Å²) < 4.78 is 0. The maximum Gasteiger partial charge on any atom is 0.365 e. The zero-order valence-electron chi connectivity index (χ0n) is 12.7. The molecular formula is C17H23N2O2+. The number of likely N-dealkylation sites (tertiary alicyclic amines) is 1. The van der Waals surface area contributed by atoms with Crippen molar-refractivity contribution >= 4 is 11.7 Å². The maximum absolute atomic E-state index is 11.9. The van der Waals surface area contributed by atoms with Crippen LogP contribution < -0.4 is 4.90 Å². The van der Waals surface area contributed by atoms with Gasteiger partial charge in [0.25, 0.3) is 0 Å². The summed E-state index contributed by atoms with van der Waals surface area (Å²) in [6.07, 6.45) is 2.81. The number of nitrogens with one attached hydrogen (secondary N) is 1. The monoisotopic (exact) mass is 287 g/mol. The van der Waals surface area contributed by atoms with Gasteiger partial charge in [0.05, 0.1) is 30.4 Å². The number of hydrogen-bond donors (Lipinski definition) is 1. The molecule has 1 heterocycles. The van der Waals surface area contributed by atoms with Gasteiger partial charge in [0.1, 0.15) is 0 Å². The van der Waals surface area contributed by atoms with Crippen LogP contribution in [0.1, 0.15) is 30.6 Å². The summed E-state index contributed by atoms with van der Waals surface area (Å²) in [6.45, 7) is 10.1. The zero-order chi connectivity index (χ0) is 15.2. The molecule has 0 radical (unpaired) electrons. The first kappa shape index (κ1) is 15.4. The molecule has 1 N–H and O–H groups in total. The minimum Gasteiger partial charge on any atom is -0.329 e. The van der Waals surface area contributed by atoms with Crippen molar-refractivity contribution in [2.75, 3.05) is 13.1 Å². The van der Waals surface area contributed by atoms with Crippen LogP contribution in [-0.4, -0.2) is 30.8 Å². The average molecular weight is 287 g/mol. The Morgan fingerprint density at radius 3 is 2.81 bits per heavy atom. The Labute approximate surface area is 126 Å². The fourth-order valence-corrected chi connectivity index (χ4v) is 2.70. The normalized spacial score (nSPS) is 27.3. The van der Waals surface area contributed by atoms with Gasteiger partial charge in [-0.2, -0.15) is 0 Å². The molecule has 4 nitrogen and oxygen atoms in total. The molecule has 0 spiro atoms. The molecule has 1 aromatic carbocycles. The molecule has 1 aromatic rings. The SMILES string of the molecule is C=CC[NH+]1CC(C)C(=NOC(=O)c2ccccc2)CC1C. The lowest BCUT2D eigenvalue weighted by molar-refractivity contribution is -0.921. The molecule has 1 fully saturated rings. The average Bonchev–Trinajstić information content (AvgIpc) is 2.50. The second-order valence-corrected chi connectivity index (χ2v) is 5.69. The lowest BCUT2D eigenvalue weighted by Crippen LogP contribution is -3.17. The molecule has 1 aliphatic rings. The molecular weight excluding hydrogens is 264 g/mol. The first-order valence-corrected chi connectivity index (χ1v) is 7.40. The van der Waals surface area contributed by atoms with E-state index in [1.54, 1.807) is 12.1 Å². The van der Waals surface area contributed by atoms with E-state index >= 15 is 0 Å². The summed E-state index contributed by atoms with van der Waals surface area (Å²) in [5.74, 6) is -0.0801. The number of rotatable bonds is 4. The first-order chi connectivity index (χ1) is 10.1. The first-order valence-electron chi connectivity index (χ1n) is 7.40. The van der Waals surface area contributed by atoms with Crippen molar-refractivity contribution in [3.05, 3.63) is 48.6 Å². The van der Waals surface area contributed by atoms with Crippen LogP contribution >= 0.6 is 0 Å². The molecule has 0 aromatic heterocycles. The highest BCUT2D eigenvalue weighted by Gasteiger charge is 2.31. The van der Waals surface area contributed by atoms with Crippen molar-refractivity contribution in [2.24, 2.45) is 11.1 Å². The zero-order valence-corrected chi connectivity index (χ0v) is 12.7. The third-order valence-corrected chi connectivity index (χ3v) is 4.01. The molecule has 3 unspecified atom stereocenters. The molecule has 0 amide bonds. The number of benzene rings is 1. The van der Waals surface area contributed by atoms with Gasteiger partial charge in [-0.05, 0) is 25.1 Å². The van der Waals surface area contributed by atoms with Gasteiger partial charge >= 0.3 is 5.97 Å². The summed E-state index contributed by atoms with van der Waals surface area (Å²) >= 11 is 0. The molecule has 0 aliphatic carbocycles. The van der Waals surface area contributed by atoms with Gasteiger partial charge in [-0.1, -0.05) is 36.9 Å². The van der Waals surface area contributed by atoms with Gasteiger partial charge in [0.15, 0.2) is 0 Å². The summed E-state index contributed by atoms with van der Waals surface area (Å²) in [4.78, 5) is 18.5. The van der Waals surface area contributed by atoms with Crippen molar-refractivity contribution in [1.82, 2.24) is 0 Å². The Hall–Kier alpha value is -1.94. The highest BCUT2D eigenvalue weighted by atomic mass is 16.7. The predicted molar refractivity (Wildman–Crippen MR) is 83.4 cm³/mol. The van der Waals surface area contributed by atoms with Crippen LogP contribution in [0.25, 0.3) is 0 Å². The van der Waals surface area contributed by atoms with Crippen molar-refractivity contribution in [1.29, 1.82) is 0 Å². The standard InChI is InChI=1S/C17H22N2O2/c1-4-10-19-12-13(2)16(11-14(19)3)18-21-17(20)15-8-6-5-7-9-15/h4-9,13-14H,1,10-12H2,2-3H3/p+1. The minimum atomic E-state index is -0.399. The number of oxime groups is 1. The lowest BCUT2D eigenvalue weighted by Gasteiger charge is -2.33. The number of hydrogen-bond acceptors (Lipinski definition) is 3. The molecule has 21 heavy (non-hydrogen) atoms. The van der Waals surface area contributed by atoms with Crippen LogP contribution in [0.3, 0.4) is 0 Å². The third kappa shape index (κ3) is 4.02. The molecule has 1 aliphatic heterocycles. The number of quaternary nitrogens is 1. The van der Waals surface area contributed by atoms with E-state index in [1.807, 2.05) is 24.3 Å². The van der Waals surface area contributed by atoms with Crippen LogP contribution in [0.4, 0.5) is 0 Å². The van der Waals surface area contributed by atoms with Crippen LogP contribution in [0.2, 0.25) is 0 Å². The second kappa shape index (κ2) is 7.18. The highest BCUT2D eigenvalue weighted by Crippen LogP contribution is 2.10. The Balaban J connectivity index is 1.98. The van der Waals surface area contributed by atoms with Gasteiger partial charge in [-0.3, -0.25) is 0 Å². The number of piperidine rings is 1. The molecule has 112 valence electrons. The fourth-order valence-electron chi connectivity index (χ4n) is 2.70. The molecule has 0 saturated carbocycles. The number of carbonyl (C=O) groups is 1. The smallest absolute Gasteiger partial charge is 0.329 e. The van der Waals surface area contributed by atoms with Gasteiger partial charge in [0.2, 0.25) is 0 Å². The van der Waals surface area contributed by atoms with Gasteiger partial charge < -0.3 is 9.74 Å². The third-order valence-electron chi connectivity index (χ3n) is 4.01. The summed E-state index contributed by atoms with van der Waals surface area (Å²) in [5, 5.41) is 4.11. The van der Waals surface area contributed by atoms with Crippen molar-refractivity contribution in [2.45, 2.75) is 26.3 Å². The fraction of sp³-hybridized carbons (Fsp3) is 0.412. The van der Waals surface area contributed by atoms with Crippen LogP contribution in [0.5, 0.6) is 0 Å².